The normalized spacial score (nSPS) is 12.2. The highest BCUT2D eigenvalue weighted by Crippen LogP contribution is 2.26. The van der Waals surface area contributed by atoms with E-state index in [1.807, 2.05) is 76.2 Å². The quantitative estimate of drug-likeness (QED) is 0.215. The van der Waals surface area contributed by atoms with Gasteiger partial charge >= 0.3 is 0 Å². The Morgan fingerprint density at radius 2 is 1.60 bits per heavy atom. The minimum Gasteiger partial charge on any atom is -0.354 e. The Balaban J connectivity index is 1.92. The summed E-state index contributed by atoms with van der Waals surface area (Å²) in [6.07, 6.45) is 1.79. The maximum atomic E-state index is 14.0. The van der Waals surface area contributed by atoms with Gasteiger partial charge in [0.2, 0.25) is 21.8 Å². The third kappa shape index (κ3) is 10.3. The predicted molar refractivity (Wildman–Crippen MR) is 176 cm³/mol. The number of carbonyl (C=O) groups excluding carboxylic acids is 2. The van der Waals surface area contributed by atoms with Crippen LogP contribution in [0.3, 0.4) is 0 Å². The van der Waals surface area contributed by atoms with Gasteiger partial charge in [-0.25, -0.2) is 8.42 Å². The SMILES string of the molecule is Cc1ccc(C)c(N(CCCC(=O)N(Cc2ccc(Cl)c(Cl)c2)[C@H](Cc2ccccc2)C(=O)NCC(C)C)S(C)(=O)=O)c1. The van der Waals surface area contributed by atoms with E-state index in [4.69, 9.17) is 23.2 Å². The van der Waals surface area contributed by atoms with Crippen LogP contribution in [0.2, 0.25) is 10.0 Å². The van der Waals surface area contributed by atoms with Gasteiger partial charge in [0.25, 0.3) is 0 Å². The summed E-state index contributed by atoms with van der Waals surface area (Å²) in [5.74, 6) is -0.284. The summed E-state index contributed by atoms with van der Waals surface area (Å²) in [5, 5.41) is 3.75. The van der Waals surface area contributed by atoms with Gasteiger partial charge in [-0.1, -0.05) is 85.6 Å². The number of amides is 2. The first kappa shape index (κ1) is 34.4. The van der Waals surface area contributed by atoms with E-state index in [0.717, 1.165) is 22.3 Å². The Kier molecular flexibility index (Phi) is 12.5. The number of nitrogens with zero attached hydrogens (tertiary/aromatic N) is 2. The molecular formula is C33H41Cl2N3O4S. The lowest BCUT2D eigenvalue weighted by molar-refractivity contribution is -0.141. The first-order valence-electron chi connectivity index (χ1n) is 14.4. The van der Waals surface area contributed by atoms with Crippen molar-refractivity contribution in [2.45, 2.75) is 59.5 Å². The highest BCUT2D eigenvalue weighted by Gasteiger charge is 2.31. The smallest absolute Gasteiger partial charge is 0.243 e. The van der Waals surface area contributed by atoms with Crippen molar-refractivity contribution in [3.05, 3.63) is 99.0 Å². The molecule has 2 amide bonds. The summed E-state index contributed by atoms with van der Waals surface area (Å²) in [5.41, 5.74) is 4.00. The molecule has 0 aliphatic heterocycles. The average Bonchev–Trinajstić information content (AvgIpc) is 2.94. The zero-order valence-electron chi connectivity index (χ0n) is 25.4. The minimum atomic E-state index is -3.60. The molecule has 0 heterocycles. The number of nitrogens with one attached hydrogen (secondary N) is 1. The molecule has 0 saturated carbocycles. The average molecular weight is 647 g/mol. The molecule has 43 heavy (non-hydrogen) atoms. The highest BCUT2D eigenvalue weighted by molar-refractivity contribution is 7.92. The largest absolute Gasteiger partial charge is 0.354 e. The van der Waals surface area contributed by atoms with Gasteiger partial charge < -0.3 is 10.2 Å². The lowest BCUT2D eigenvalue weighted by Gasteiger charge is -2.32. The maximum absolute atomic E-state index is 14.0. The Morgan fingerprint density at radius 3 is 2.23 bits per heavy atom. The number of anilines is 1. The summed E-state index contributed by atoms with van der Waals surface area (Å²) >= 11 is 12.4. The molecule has 1 N–H and O–H groups in total. The number of rotatable bonds is 14. The first-order valence-corrected chi connectivity index (χ1v) is 17.0. The molecular weight excluding hydrogens is 605 g/mol. The lowest BCUT2D eigenvalue weighted by Crippen LogP contribution is -2.51. The molecule has 0 bridgehead atoms. The van der Waals surface area contributed by atoms with Crippen molar-refractivity contribution in [1.29, 1.82) is 0 Å². The van der Waals surface area contributed by atoms with Crippen molar-refractivity contribution in [3.8, 4) is 0 Å². The summed E-state index contributed by atoms with van der Waals surface area (Å²) in [6, 6.07) is 19.6. The van der Waals surface area contributed by atoms with E-state index in [-0.39, 0.29) is 43.7 Å². The van der Waals surface area contributed by atoms with E-state index in [9.17, 15) is 18.0 Å². The second-order valence-electron chi connectivity index (χ2n) is 11.3. The molecule has 7 nitrogen and oxygen atoms in total. The topological polar surface area (TPSA) is 86.8 Å². The minimum absolute atomic E-state index is 0.0426. The van der Waals surface area contributed by atoms with Gasteiger partial charge in [0.1, 0.15) is 6.04 Å². The molecule has 3 aromatic rings. The van der Waals surface area contributed by atoms with E-state index in [1.165, 1.54) is 10.6 Å². The summed E-state index contributed by atoms with van der Waals surface area (Å²) in [7, 11) is -3.60. The number of carbonyl (C=O) groups is 2. The predicted octanol–water partition coefficient (Wildman–Crippen LogP) is 6.57. The molecule has 3 rings (SSSR count). The molecule has 1 atom stereocenters. The van der Waals surface area contributed by atoms with Gasteiger partial charge in [0, 0.05) is 32.5 Å². The van der Waals surface area contributed by atoms with E-state index in [1.54, 1.807) is 23.1 Å². The molecule has 0 aliphatic carbocycles. The standard InChI is InChI=1S/C33H41Cl2N3O4S/c1-23(2)21-36-33(40)31(20-26-10-7-6-8-11-26)37(22-27-15-16-28(34)29(35)19-27)32(39)12-9-17-38(43(5,41)42)30-18-24(3)13-14-25(30)4/h6-8,10-11,13-16,18-19,23,31H,9,12,17,20-22H2,1-5H3,(H,36,40)/t31-/m1/s1. The van der Waals surface area contributed by atoms with E-state index in [2.05, 4.69) is 5.32 Å². The molecule has 0 saturated heterocycles. The van der Waals surface area contributed by atoms with Crippen LogP contribution < -0.4 is 9.62 Å². The second-order valence-corrected chi connectivity index (χ2v) is 14.1. The van der Waals surface area contributed by atoms with Crippen LogP contribution in [0.1, 0.15) is 48.9 Å². The van der Waals surface area contributed by atoms with Gasteiger partial charge in [-0.05, 0) is 66.6 Å². The molecule has 0 aliphatic rings. The van der Waals surface area contributed by atoms with Gasteiger partial charge in [-0.3, -0.25) is 13.9 Å². The second kappa shape index (κ2) is 15.6. The van der Waals surface area contributed by atoms with Crippen molar-refractivity contribution < 1.29 is 18.0 Å². The Bertz CT molecular complexity index is 1510. The first-order chi connectivity index (χ1) is 20.3. The molecule has 232 valence electrons. The Hall–Kier alpha value is -3.07. The van der Waals surface area contributed by atoms with Crippen molar-refractivity contribution in [2.75, 3.05) is 23.7 Å². The highest BCUT2D eigenvalue weighted by atomic mass is 35.5. The van der Waals surface area contributed by atoms with E-state index < -0.39 is 16.1 Å². The third-order valence-electron chi connectivity index (χ3n) is 7.08. The van der Waals surface area contributed by atoms with Crippen molar-refractivity contribution >= 4 is 50.7 Å². The van der Waals surface area contributed by atoms with E-state index >= 15 is 0 Å². The van der Waals surface area contributed by atoms with Crippen molar-refractivity contribution in [3.63, 3.8) is 0 Å². The van der Waals surface area contributed by atoms with E-state index in [0.29, 0.717) is 28.7 Å². The van der Waals surface area contributed by atoms with Gasteiger partial charge in [-0.15, -0.1) is 0 Å². The molecule has 0 spiro atoms. The van der Waals surface area contributed by atoms with Gasteiger partial charge in [0.15, 0.2) is 0 Å². The van der Waals surface area contributed by atoms with Crippen molar-refractivity contribution in [1.82, 2.24) is 10.2 Å². The Morgan fingerprint density at radius 1 is 0.907 bits per heavy atom. The number of aryl methyl sites for hydroxylation is 2. The summed E-state index contributed by atoms with van der Waals surface area (Å²) in [6.45, 7) is 8.51. The van der Waals surface area contributed by atoms with Gasteiger partial charge in [0.05, 0.1) is 22.0 Å². The number of benzene rings is 3. The fourth-order valence-corrected chi connectivity index (χ4v) is 6.12. The van der Waals surface area contributed by atoms with Crippen molar-refractivity contribution in [2.24, 2.45) is 5.92 Å². The monoisotopic (exact) mass is 645 g/mol. The van der Waals surface area contributed by atoms with Crippen LogP contribution in [0, 0.1) is 19.8 Å². The fourth-order valence-electron chi connectivity index (χ4n) is 4.78. The number of hydrogen-bond acceptors (Lipinski definition) is 4. The molecule has 0 aromatic heterocycles. The Labute approximate surface area is 266 Å². The zero-order valence-corrected chi connectivity index (χ0v) is 27.8. The number of sulfonamides is 1. The fraction of sp³-hybridized carbons (Fsp3) is 0.394. The molecule has 0 unspecified atom stereocenters. The molecule has 0 fully saturated rings. The number of halogens is 2. The zero-order chi connectivity index (χ0) is 31.7. The van der Waals surface area contributed by atoms with Crippen LogP contribution >= 0.6 is 23.2 Å². The van der Waals surface area contributed by atoms with Crippen LogP contribution in [0.4, 0.5) is 5.69 Å². The summed E-state index contributed by atoms with van der Waals surface area (Å²) < 4.78 is 26.9. The third-order valence-corrected chi connectivity index (χ3v) is 9.00. The molecule has 10 heteroatoms. The van der Waals surface area contributed by atoms with Crippen LogP contribution in [-0.4, -0.2) is 50.5 Å². The van der Waals surface area contributed by atoms with Gasteiger partial charge in [-0.2, -0.15) is 0 Å². The maximum Gasteiger partial charge on any atom is 0.243 e. The van der Waals surface area contributed by atoms with Crippen LogP contribution in [-0.2, 0) is 32.6 Å². The van der Waals surface area contributed by atoms with Crippen LogP contribution in [0.15, 0.2) is 66.7 Å². The molecule has 3 aromatic carbocycles. The lowest BCUT2D eigenvalue weighted by atomic mass is 10.0. The van der Waals surface area contributed by atoms with Crippen LogP contribution in [0.5, 0.6) is 0 Å². The summed E-state index contributed by atoms with van der Waals surface area (Å²) in [4.78, 5) is 29.2. The van der Waals surface area contributed by atoms with Crippen LogP contribution in [0.25, 0.3) is 0 Å². The molecule has 0 radical (unpaired) electrons. The number of hydrogen-bond donors (Lipinski definition) is 1.